The number of methoxy groups -OCH3 is 1. The van der Waals surface area contributed by atoms with Crippen molar-refractivity contribution < 1.29 is 9.53 Å². The molecule has 27 heavy (non-hydrogen) atoms. The Labute approximate surface area is 165 Å². The lowest BCUT2D eigenvalue weighted by molar-refractivity contribution is -0.120. The Balaban J connectivity index is 1.80. The first kappa shape index (κ1) is 20.6. The average molecular weight is 389 g/mol. The molecule has 0 saturated heterocycles. The molecular formula is C20H25ClN4O2. The van der Waals surface area contributed by atoms with Gasteiger partial charge >= 0.3 is 0 Å². The lowest BCUT2D eigenvalue weighted by Crippen LogP contribution is -2.43. The number of aliphatic imine (C=N–C) groups is 1. The first-order valence-corrected chi connectivity index (χ1v) is 9.14. The standard InChI is InChI=1S/C20H25ClN4O2/c1-3-22-20(24-13-15-4-8-17(21)9-5-15)25-14-19(26)23-12-16-6-10-18(27-2)11-7-16/h4-11H,3,12-14H2,1-2H3,(H,23,26)(H2,22,24,25). The molecule has 2 aromatic rings. The van der Waals surface area contributed by atoms with Crippen LogP contribution in [0.5, 0.6) is 5.75 Å². The largest absolute Gasteiger partial charge is 0.497 e. The van der Waals surface area contributed by atoms with Crippen molar-refractivity contribution in [1.82, 2.24) is 16.0 Å². The predicted octanol–water partition coefficient (Wildman–Crippen LogP) is 2.72. The molecule has 0 aromatic heterocycles. The third-order valence-corrected chi connectivity index (χ3v) is 3.99. The molecule has 0 atom stereocenters. The first-order chi connectivity index (χ1) is 13.1. The van der Waals surface area contributed by atoms with Gasteiger partial charge in [0.15, 0.2) is 5.96 Å². The van der Waals surface area contributed by atoms with Crippen LogP contribution in [0.1, 0.15) is 18.1 Å². The Morgan fingerprint density at radius 2 is 1.67 bits per heavy atom. The van der Waals surface area contributed by atoms with Crippen LogP contribution in [0.15, 0.2) is 53.5 Å². The van der Waals surface area contributed by atoms with Crippen LogP contribution >= 0.6 is 11.6 Å². The van der Waals surface area contributed by atoms with E-state index in [4.69, 9.17) is 16.3 Å². The van der Waals surface area contributed by atoms with Gasteiger partial charge in [-0.3, -0.25) is 4.79 Å². The number of nitrogens with one attached hydrogen (secondary N) is 3. The number of hydrogen-bond acceptors (Lipinski definition) is 3. The van der Waals surface area contributed by atoms with Crippen molar-refractivity contribution in [2.24, 2.45) is 4.99 Å². The van der Waals surface area contributed by atoms with Crippen molar-refractivity contribution in [2.45, 2.75) is 20.0 Å². The van der Waals surface area contributed by atoms with Gasteiger partial charge in [0.25, 0.3) is 0 Å². The summed E-state index contributed by atoms with van der Waals surface area (Å²) in [6, 6.07) is 15.1. The normalized spacial score (nSPS) is 11.0. The molecule has 0 spiro atoms. The molecule has 0 aliphatic rings. The van der Waals surface area contributed by atoms with E-state index in [2.05, 4.69) is 20.9 Å². The second-order valence-corrected chi connectivity index (χ2v) is 6.24. The summed E-state index contributed by atoms with van der Waals surface area (Å²) in [7, 11) is 1.62. The van der Waals surface area contributed by atoms with Crippen LogP contribution in [0.3, 0.4) is 0 Å². The lowest BCUT2D eigenvalue weighted by atomic mass is 10.2. The van der Waals surface area contributed by atoms with Crippen LogP contribution in [-0.4, -0.2) is 32.1 Å². The van der Waals surface area contributed by atoms with E-state index < -0.39 is 0 Å². The number of rotatable bonds is 8. The van der Waals surface area contributed by atoms with Crippen LogP contribution in [0, 0.1) is 0 Å². The zero-order valence-corrected chi connectivity index (χ0v) is 16.3. The van der Waals surface area contributed by atoms with E-state index in [1.165, 1.54) is 0 Å². The summed E-state index contributed by atoms with van der Waals surface area (Å²) in [5.41, 5.74) is 2.05. The molecule has 7 heteroatoms. The quantitative estimate of drug-likeness (QED) is 0.480. The molecule has 6 nitrogen and oxygen atoms in total. The van der Waals surface area contributed by atoms with Crippen LogP contribution in [-0.2, 0) is 17.9 Å². The lowest BCUT2D eigenvalue weighted by Gasteiger charge is -2.12. The third kappa shape index (κ3) is 7.58. The number of halogens is 1. The monoisotopic (exact) mass is 388 g/mol. The molecule has 3 N–H and O–H groups in total. The molecule has 0 aliphatic heterocycles. The number of carbonyl (C=O) groups excluding carboxylic acids is 1. The van der Waals surface area contributed by atoms with Gasteiger partial charge in [-0.05, 0) is 42.3 Å². The van der Waals surface area contributed by atoms with E-state index in [1.807, 2.05) is 55.5 Å². The van der Waals surface area contributed by atoms with Gasteiger partial charge in [0.05, 0.1) is 20.2 Å². The third-order valence-electron chi connectivity index (χ3n) is 3.74. The van der Waals surface area contributed by atoms with Gasteiger partial charge in [-0.15, -0.1) is 0 Å². The van der Waals surface area contributed by atoms with Crippen molar-refractivity contribution in [1.29, 1.82) is 0 Å². The van der Waals surface area contributed by atoms with E-state index in [-0.39, 0.29) is 12.5 Å². The topological polar surface area (TPSA) is 74.8 Å². The van der Waals surface area contributed by atoms with E-state index in [0.29, 0.717) is 30.6 Å². The molecule has 0 heterocycles. The number of hydrogen-bond donors (Lipinski definition) is 3. The van der Waals surface area contributed by atoms with Crippen molar-refractivity contribution in [3.63, 3.8) is 0 Å². The highest BCUT2D eigenvalue weighted by Gasteiger charge is 2.04. The minimum atomic E-state index is -0.108. The fourth-order valence-corrected chi connectivity index (χ4v) is 2.40. The maximum absolute atomic E-state index is 12.1. The smallest absolute Gasteiger partial charge is 0.239 e. The van der Waals surface area contributed by atoms with Gasteiger partial charge in [0.2, 0.25) is 5.91 Å². The highest BCUT2D eigenvalue weighted by Crippen LogP contribution is 2.11. The van der Waals surface area contributed by atoms with Crippen molar-refractivity contribution in [3.05, 3.63) is 64.7 Å². The fraction of sp³-hybridized carbons (Fsp3) is 0.300. The molecule has 1 amide bonds. The minimum Gasteiger partial charge on any atom is -0.497 e. The Morgan fingerprint density at radius 3 is 2.30 bits per heavy atom. The Bertz CT molecular complexity index is 746. The van der Waals surface area contributed by atoms with E-state index >= 15 is 0 Å². The first-order valence-electron chi connectivity index (χ1n) is 8.77. The Hall–Kier alpha value is -2.73. The zero-order chi connectivity index (χ0) is 19.5. The summed E-state index contributed by atoms with van der Waals surface area (Å²) < 4.78 is 5.12. The van der Waals surface area contributed by atoms with Crippen LogP contribution < -0.4 is 20.7 Å². The number of guanidine groups is 1. The van der Waals surface area contributed by atoms with Gasteiger partial charge in [-0.25, -0.2) is 4.99 Å². The molecule has 0 bridgehead atoms. The van der Waals surface area contributed by atoms with Gasteiger partial charge in [-0.1, -0.05) is 35.9 Å². The number of ether oxygens (including phenoxy) is 1. The minimum absolute atomic E-state index is 0.108. The van der Waals surface area contributed by atoms with Gasteiger partial charge < -0.3 is 20.7 Å². The van der Waals surface area contributed by atoms with E-state index in [0.717, 1.165) is 16.9 Å². The summed E-state index contributed by atoms with van der Waals surface area (Å²) in [5.74, 6) is 1.27. The predicted molar refractivity (Wildman–Crippen MR) is 109 cm³/mol. The van der Waals surface area contributed by atoms with Crippen molar-refractivity contribution in [2.75, 3.05) is 20.2 Å². The molecule has 0 unspecified atom stereocenters. The number of nitrogens with zero attached hydrogens (tertiary/aromatic N) is 1. The maximum Gasteiger partial charge on any atom is 0.239 e. The molecule has 2 aromatic carbocycles. The summed E-state index contributed by atoms with van der Waals surface area (Å²) in [5, 5.41) is 9.73. The SMILES string of the molecule is CCNC(=NCc1ccc(Cl)cc1)NCC(=O)NCc1ccc(OC)cc1. The van der Waals surface area contributed by atoms with Gasteiger partial charge in [0.1, 0.15) is 5.75 Å². The highest BCUT2D eigenvalue weighted by atomic mass is 35.5. The Morgan fingerprint density at radius 1 is 1.00 bits per heavy atom. The van der Waals surface area contributed by atoms with Crippen LogP contribution in [0.4, 0.5) is 0 Å². The molecule has 144 valence electrons. The summed E-state index contributed by atoms with van der Waals surface area (Å²) in [6.07, 6.45) is 0. The fourth-order valence-electron chi connectivity index (χ4n) is 2.27. The van der Waals surface area contributed by atoms with Gasteiger partial charge in [0, 0.05) is 18.1 Å². The van der Waals surface area contributed by atoms with Crippen LogP contribution in [0.25, 0.3) is 0 Å². The summed E-state index contributed by atoms with van der Waals surface area (Å²) in [4.78, 5) is 16.5. The molecule has 0 saturated carbocycles. The summed E-state index contributed by atoms with van der Waals surface area (Å²) in [6.45, 7) is 3.79. The molecular weight excluding hydrogens is 364 g/mol. The van der Waals surface area contributed by atoms with E-state index in [1.54, 1.807) is 7.11 Å². The second kappa shape index (κ2) is 11.1. The summed E-state index contributed by atoms with van der Waals surface area (Å²) >= 11 is 5.89. The van der Waals surface area contributed by atoms with Crippen LogP contribution in [0.2, 0.25) is 5.02 Å². The second-order valence-electron chi connectivity index (χ2n) is 5.80. The molecule has 0 radical (unpaired) electrons. The molecule has 0 fully saturated rings. The van der Waals surface area contributed by atoms with Gasteiger partial charge in [-0.2, -0.15) is 0 Å². The number of benzene rings is 2. The molecule has 2 rings (SSSR count). The molecule has 0 aliphatic carbocycles. The van der Waals surface area contributed by atoms with Crippen molar-refractivity contribution >= 4 is 23.5 Å². The zero-order valence-electron chi connectivity index (χ0n) is 15.6. The number of amides is 1. The highest BCUT2D eigenvalue weighted by molar-refractivity contribution is 6.30. The maximum atomic E-state index is 12.1. The van der Waals surface area contributed by atoms with Crippen molar-refractivity contribution in [3.8, 4) is 5.75 Å². The average Bonchev–Trinajstić information content (AvgIpc) is 2.70. The number of carbonyl (C=O) groups is 1. The van der Waals surface area contributed by atoms with E-state index in [9.17, 15) is 4.79 Å². The Kier molecular flexibility index (Phi) is 8.45.